The molecule has 2 aromatic carbocycles. The highest BCUT2D eigenvalue weighted by Gasteiger charge is 2.11. The second kappa shape index (κ2) is 5.71. The molecule has 2 N–H and O–H groups in total. The lowest BCUT2D eigenvalue weighted by Gasteiger charge is -2.10. The third kappa shape index (κ3) is 3.23. The lowest BCUT2D eigenvalue weighted by atomic mass is 10.1. The van der Waals surface area contributed by atoms with Gasteiger partial charge in [0.25, 0.3) is 0 Å². The van der Waals surface area contributed by atoms with Crippen molar-refractivity contribution in [3.63, 3.8) is 0 Å². The van der Waals surface area contributed by atoms with Crippen molar-refractivity contribution < 1.29 is 14.3 Å². The molecule has 98 valence electrons. The molecule has 0 atom stereocenters. The molecule has 3 nitrogen and oxygen atoms in total. The van der Waals surface area contributed by atoms with Crippen molar-refractivity contribution in [3.8, 4) is 0 Å². The SMILES string of the molecule is O=C(O)c1cc(Cl)ccc1NCc1ccccc1F. The summed E-state index contributed by atoms with van der Waals surface area (Å²) in [6.45, 7) is 0.203. The molecule has 0 saturated carbocycles. The summed E-state index contributed by atoms with van der Waals surface area (Å²) in [6.07, 6.45) is 0. The van der Waals surface area contributed by atoms with Gasteiger partial charge in [0.05, 0.1) is 5.56 Å². The van der Waals surface area contributed by atoms with Crippen molar-refractivity contribution in [3.05, 3.63) is 64.4 Å². The zero-order valence-corrected chi connectivity index (χ0v) is 10.6. The fourth-order valence-electron chi connectivity index (χ4n) is 1.68. The predicted molar refractivity (Wildman–Crippen MR) is 72.1 cm³/mol. The fourth-order valence-corrected chi connectivity index (χ4v) is 1.85. The molecule has 0 bridgehead atoms. The second-order valence-electron chi connectivity index (χ2n) is 3.94. The zero-order valence-electron chi connectivity index (χ0n) is 9.86. The average Bonchev–Trinajstić information content (AvgIpc) is 2.38. The minimum Gasteiger partial charge on any atom is -0.478 e. The van der Waals surface area contributed by atoms with Crippen LogP contribution >= 0.6 is 11.6 Å². The Labute approximate surface area is 114 Å². The maximum atomic E-state index is 13.4. The Kier molecular flexibility index (Phi) is 4.02. The van der Waals surface area contributed by atoms with Gasteiger partial charge in [-0.1, -0.05) is 29.8 Å². The summed E-state index contributed by atoms with van der Waals surface area (Å²) >= 11 is 5.75. The van der Waals surface area contributed by atoms with Gasteiger partial charge in [-0.25, -0.2) is 9.18 Å². The molecule has 0 amide bonds. The van der Waals surface area contributed by atoms with Crippen LogP contribution in [0.5, 0.6) is 0 Å². The molecule has 5 heteroatoms. The number of rotatable bonds is 4. The van der Waals surface area contributed by atoms with E-state index in [4.69, 9.17) is 16.7 Å². The molecule has 0 aliphatic carbocycles. The van der Waals surface area contributed by atoms with Crippen LogP contribution < -0.4 is 5.32 Å². The largest absolute Gasteiger partial charge is 0.478 e. The van der Waals surface area contributed by atoms with Gasteiger partial charge in [-0.2, -0.15) is 0 Å². The number of hydrogen-bond acceptors (Lipinski definition) is 2. The summed E-state index contributed by atoms with van der Waals surface area (Å²) in [7, 11) is 0. The van der Waals surface area contributed by atoms with Crippen molar-refractivity contribution >= 4 is 23.3 Å². The summed E-state index contributed by atoms with van der Waals surface area (Å²) in [4.78, 5) is 11.1. The van der Waals surface area contributed by atoms with Gasteiger partial charge in [-0.15, -0.1) is 0 Å². The summed E-state index contributed by atoms with van der Waals surface area (Å²) in [5.41, 5.74) is 0.929. The van der Waals surface area contributed by atoms with Crippen LogP contribution in [0, 0.1) is 5.82 Å². The molecule has 2 aromatic rings. The highest BCUT2D eigenvalue weighted by atomic mass is 35.5. The van der Waals surface area contributed by atoms with Crippen molar-refractivity contribution in [2.24, 2.45) is 0 Å². The maximum Gasteiger partial charge on any atom is 0.337 e. The normalized spacial score (nSPS) is 10.2. The van der Waals surface area contributed by atoms with Crippen molar-refractivity contribution in [1.29, 1.82) is 0 Å². The number of nitrogens with one attached hydrogen (secondary N) is 1. The van der Waals surface area contributed by atoms with E-state index in [0.717, 1.165) is 0 Å². The number of carbonyl (C=O) groups is 1. The highest BCUT2D eigenvalue weighted by Crippen LogP contribution is 2.21. The van der Waals surface area contributed by atoms with E-state index in [9.17, 15) is 9.18 Å². The highest BCUT2D eigenvalue weighted by molar-refractivity contribution is 6.31. The number of benzene rings is 2. The van der Waals surface area contributed by atoms with E-state index in [1.165, 1.54) is 12.1 Å². The Bertz CT molecular complexity index is 616. The van der Waals surface area contributed by atoms with Crippen molar-refractivity contribution in [1.82, 2.24) is 0 Å². The monoisotopic (exact) mass is 279 g/mol. The molecule has 2 rings (SSSR count). The number of carboxylic acid groups (broad SMARTS) is 1. The second-order valence-corrected chi connectivity index (χ2v) is 4.38. The van der Waals surface area contributed by atoms with Crippen LogP contribution in [0.1, 0.15) is 15.9 Å². The third-order valence-corrected chi connectivity index (χ3v) is 2.87. The molecule has 0 aliphatic heterocycles. The summed E-state index contributed by atoms with van der Waals surface area (Å²) in [6, 6.07) is 10.8. The van der Waals surface area contributed by atoms with Crippen LogP contribution in [-0.4, -0.2) is 11.1 Å². The van der Waals surface area contributed by atoms with E-state index in [1.54, 1.807) is 30.3 Å². The van der Waals surface area contributed by atoms with Crippen LogP contribution in [0.4, 0.5) is 10.1 Å². The van der Waals surface area contributed by atoms with Gasteiger partial charge in [0.1, 0.15) is 5.82 Å². The Balaban J connectivity index is 2.20. The number of carboxylic acids is 1. The van der Waals surface area contributed by atoms with Crippen LogP contribution in [0.25, 0.3) is 0 Å². The molecule has 0 heterocycles. The summed E-state index contributed by atoms with van der Waals surface area (Å²) in [5, 5.41) is 12.3. The average molecular weight is 280 g/mol. The van der Waals surface area contributed by atoms with E-state index in [0.29, 0.717) is 16.3 Å². The molecule has 0 saturated heterocycles. The quantitative estimate of drug-likeness (QED) is 0.895. The predicted octanol–water partition coefficient (Wildman–Crippen LogP) is 3.79. The van der Waals surface area contributed by atoms with Crippen molar-refractivity contribution in [2.45, 2.75) is 6.54 Å². The number of halogens is 2. The van der Waals surface area contributed by atoms with Gasteiger partial charge in [0.2, 0.25) is 0 Å². The molecule has 0 fully saturated rings. The van der Waals surface area contributed by atoms with Gasteiger partial charge < -0.3 is 10.4 Å². The van der Waals surface area contributed by atoms with Gasteiger partial charge in [-0.3, -0.25) is 0 Å². The molecular weight excluding hydrogens is 269 g/mol. The van der Waals surface area contributed by atoms with Crippen LogP contribution in [0.2, 0.25) is 5.02 Å². The number of hydrogen-bond donors (Lipinski definition) is 2. The van der Waals surface area contributed by atoms with E-state index >= 15 is 0 Å². The summed E-state index contributed by atoms with van der Waals surface area (Å²) in [5.74, 6) is -1.42. The standard InChI is InChI=1S/C14H11ClFNO2/c15-10-5-6-13(11(7-10)14(18)19)17-8-9-3-1-2-4-12(9)16/h1-7,17H,8H2,(H,18,19). The van der Waals surface area contributed by atoms with Crippen LogP contribution in [-0.2, 0) is 6.54 Å². The molecule has 0 aromatic heterocycles. The fraction of sp³-hybridized carbons (Fsp3) is 0.0714. The lowest BCUT2D eigenvalue weighted by molar-refractivity contribution is 0.0698. The van der Waals surface area contributed by atoms with E-state index in [1.807, 2.05) is 0 Å². The molecule has 0 aliphatic rings. The van der Waals surface area contributed by atoms with Gasteiger partial charge in [0.15, 0.2) is 0 Å². The van der Waals surface area contributed by atoms with Crippen LogP contribution in [0.3, 0.4) is 0 Å². The maximum absolute atomic E-state index is 13.4. The lowest BCUT2D eigenvalue weighted by Crippen LogP contribution is -2.07. The van der Waals surface area contributed by atoms with E-state index in [-0.39, 0.29) is 17.9 Å². The molecule has 0 unspecified atom stereocenters. The first kappa shape index (κ1) is 13.4. The first-order chi connectivity index (χ1) is 9.08. The minimum absolute atomic E-state index is 0.0591. The first-order valence-corrected chi connectivity index (χ1v) is 5.96. The van der Waals surface area contributed by atoms with Gasteiger partial charge in [0, 0.05) is 22.8 Å². The topological polar surface area (TPSA) is 49.3 Å². The Morgan fingerprint density at radius 2 is 2.00 bits per heavy atom. The van der Waals surface area contributed by atoms with Gasteiger partial charge >= 0.3 is 5.97 Å². The molecular formula is C14H11ClFNO2. The Morgan fingerprint density at radius 3 is 2.68 bits per heavy atom. The third-order valence-electron chi connectivity index (χ3n) is 2.64. The molecule has 0 spiro atoms. The van der Waals surface area contributed by atoms with Crippen LogP contribution in [0.15, 0.2) is 42.5 Å². The van der Waals surface area contributed by atoms with E-state index in [2.05, 4.69) is 5.32 Å². The summed E-state index contributed by atoms with van der Waals surface area (Å²) < 4.78 is 13.4. The molecule has 0 radical (unpaired) electrons. The number of aromatic carboxylic acids is 1. The first-order valence-electron chi connectivity index (χ1n) is 5.58. The minimum atomic E-state index is -1.08. The zero-order chi connectivity index (χ0) is 13.8. The number of anilines is 1. The van der Waals surface area contributed by atoms with Crippen molar-refractivity contribution in [2.75, 3.05) is 5.32 Å². The Morgan fingerprint density at radius 1 is 1.26 bits per heavy atom. The molecule has 19 heavy (non-hydrogen) atoms. The van der Waals surface area contributed by atoms with E-state index < -0.39 is 5.97 Å². The Hall–Kier alpha value is -2.07. The smallest absolute Gasteiger partial charge is 0.337 e. The van der Waals surface area contributed by atoms with Gasteiger partial charge in [-0.05, 0) is 24.3 Å².